The van der Waals surface area contributed by atoms with E-state index in [1.807, 2.05) is 0 Å². The number of amides is 1. The first-order valence-corrected chi connectivity index (χ1v) is 5.77. The minimum atomic E-state index is -0.185. The summed E-state index contributed by atoms with van der Waals surface area (Å²) in [5.41, 5.74) is 0.480. The normalized spacial score (nSPS) is 10.3. The number of carbonyl (C=O) groups is 1. The Morgan fingerprint density at radius 3 is 2.89 bits per heavy atom. The summed E-state index contributed by atoms with van der Waals surface area (Å²) in [6.07, 6.45) is 3.66. The van der Waals surface area contributed by atoms with Crippen molar-refractivity contribution in [1.29, 1.82) is 0 Å². The number of nitrogens with one attached hydrogen (secondary N) is 1. The van der Waals surface area contributed by atoms with Gasteiger partial charge in [-0.25, -0.2) is 9.97 Å². The maximum absolute atomic E-state index is 11.7. The van der Waals surface area contributed by atoms with Crippen LogP contribution in [-0.4, -0.2) is 32.2 Å². The van der Waals surface area contributed by atoms with Crippen molar-refractivity contribution in [3.63, 3.8) is 0 Å². The number of nitrogens with zero attached hydrogens (tertiary/aromatic N) is 4. The minimum absolute atomic E-state index is 0.185. The van der Waals surface area contributed by atoms with Crippen LogP contribution < -0.4 is 5.32 Å². The number of hydrogen-bond donors (Lipinski definition) is 1. The highest BCUT2D eigenvalue weighted by Crippen LogP contribution is 2.04. The fourth-order valence-corrected chi connectivity index (χ4v) is 1.51. The van der Waals surface area contributed by atoms with Crippen molar-refractivity contribution in [3.8, 4) is 0 Å². The molecule has 0 fully saturated rings. The van der Waals surface area contributed by atoms with Gasteiger partial charge in [0.05, 0.1) is 5.56 Å². The second kappa shape index (κ2) is 5.59. The third-order valence-corrected chi connectivity index (χ3v) is 2.49. The summed E-state index contributed by atoms with van der Waals surface area (Å²) in [4.78, 5) is 19.6. The van der Waals surface area contributed by atoms with Crippen molar-refractivity contribution < 1.29 is 4.79 Å². The molecule has 0 saturated heterocycles. The molecule has 0 bridgehead atoms. The first kappa shape index (κ1) is 12.5. The van der Waals surface area contributed by atoms with Crippen LogP contribution in [0, 0.1) is 0 Å². The Hall–Kier alpha value is -1.95. The predicted octanol–water partition coefficient (Wildman–Crippen LogP) is 0.836. The van der Waals surface area contributed by atoms with E-state index in [0.29, 0.717) is 29.5 Å². The lowest BCUT2D eigenvalue weighted by Crippen LogP contribution is -2.26. The van der Waals surface area contributed by atoms with Crippen LogP contribution in [0.1, 0.15) is 16.2 Å². The van der Waals surface area contributed by atoms with E-state index in [9.17, 15) is 4.79 Å². The molecule has 1 N–H and O–H groups in total. The summed E-state index contributed by atoms with van der Waals surface area (Å²) >= 11 is 5.64. The van der Waals surface area contributed by atoms with Crippen molar-refractivity contribution in [2.75, 3.05) is 6.54 Å². The van der Waals surface area contributed by atoms with Gasteiger partial charge in [0.2, 0.25) is 0 Å². The molecule has 0 atom stereocenters. The largest absolute Gasteiger partial charge is 0.352 e. The molecule has 7 heteroatoms. The first-order valence-electron chi connectivity index (χ1n) is 5.39. The first-order chi connectivity index (χ1) is 8.65. The van der Waals surface area contributed by atoms with E-state index in [-0.39, 0.29) is 5.91 Å². The lowest BCUT2D eigenvalue weighted by atomic mass is 10.2. The van der Waals surface area contributed by atoms with Crippen molar-refractivity contribution in [1.82, 2.24) is 25.1 Å². The van der Waals surface area contributed by atoms with Crippen LogP contribution in [0.3, 0.4) is 0 Å². The van der Waals surface area contributed by atoms with Crippen molar-refractivity contribution in [2.45, 2.75) is 6.42 Å². The molecule has 2 rings (SSSR count). The number of rotatable bonds is 4. The third kappa shape index (κ3) is 3.27. The summed E-state index contributed by atoms with van der Waals surface area (Å²) < 4.78 is 1.63. The molecule has 0 aromatic carbocycles. The van der Waals surface area contributed by atoms with E-state index in [4.69, 9.17) is 11.6 Å². The molecule has 2 aromatic rings. The summed E-state index contributed by atoms with van der Waals surface area (Å²) in [5.74, 6) is 0.516. The topological polar surface area (TPSA) is 72.7 Å². The molecular weight excluding hydrogens is 254 g/mol. The smallest absolute Gasteiger partial charge is 0.252 e. The van der Waals surface area contributed by atoms with Gasteiger partial charge >= 0.3 is 0 Å². The second-order valence-corrected chi connectivity index (χ2v) is 4.10. The number of halogens is 1. The molecule has 94 valence electrons. The van der Waals surface area contributed by atoms with Gasteiger partial charge in [0.1, 0.15) is 11.5 Å². The molecule has 0 unspecified atom stereocenters. The highest BCUT2D eigenvalue weighted by molar-refractivity contribution is 6.29. The van der Waals surface area contributed by atoms with Crippen LogP contribution in [-0.2, 0) is 13.5 Å². The van der Waals surface area contributed by atoms with Crippen molar-refractivity contribution in [3.05, 3.63) is 41.2 Å². The molecule has 6 nitrogen and oxygen atoms in total. The zero-order valence-corrected chi connectivity index (χ0v) is 10.6. The maximum atomic E-state index is 11.7. The van der Waals surface area contributed by atoms with E-state index < -0.39 is 0 Å². The molecule has 0 saturated carbocycles. The van der Waals surface area contributed by atoms with Crippen LogP contribution in [0.5, 0.6) is 0 Å². The molecule has 2 heterocycles. The minimum Gasteiger partial charge on any atom is -0.352 e. The number of aryl methyl sites for hydroxylation is 1. The van der Waals surface area contributed by atoms with Crippen molar-refractivity contribution >= 4 is 17.5 Å². The van der Waals surface area contributed by atoms with Crippen LogP contribution >= 0.6 is 11.6 Å². The Kier molecular flexibility index (Phi) is 3.88. The van der Waals surface area contributed by atoms with Gasteiger partial charge in [-0.2, -0.15) is 5.10 Å². The average molecular weight is 266 g/mol. The van der Waals surface area contributed by atoms with Crippen LogP contribution in [0.4, 0.5) is 0 Å². The SMILES string of the molecule is Cn1cnc(CCNC(=O)c2ccc(Cl)nc2)n1. The molecule has 1 amide bonds. The van der Waals surface area contributed by atoms with Gasteiger partial charge in [-0.3, -0.25) is 9.48 Å². The average Bonchev–Trinajstić information content (AvgIpc) is 2.76. The van der Waals surface area contributed by atoms with E-state index in [1.54, 1.807) is 30.2 Å². The van der Waals surface area contributed by atoms with Crippen LogP contribution in [0.15, 0.2) is 24.7 Å². The van der Waals surface area contributed by atoms with Gasteiger partial charge in [-0.1, -0.05) is 11.6 Å². The van der Waals surface area contributed by atoms with Gasteiger partial charge < -0.3 is 5.32 Å². The van der Waals surface area contributed by atoms with E-state index in [0.717, 1.165) is 0 Å². The summed E-state index contributed by atoms with van der Waals surface area (Å²) in [6.45, 7) is 0.478. The number of carbonyl (C=O) groups excluding carboxylic acids is 1. The lowest BCUT2D eigenvalue weighted by molar-refractivity contribution is 0.0953. The maximum Gasteiger partial charge on any atom is 0.252 e. The van der Waals surface area contributed by atoms with E-state index in [2.05, 4.69) is 20.4 Å². The zero-order valence-electron chi connectivity index (χ0n) is 9.80. The molecule has 0 aliphatic heterocycles. The molecule has 2 aromatic heterocycles. The highest BCUT2D eigenvalue weighted by atomic mass is 35.5. The second-order valence-electron chi connectivity index (χ2n) is 3.71. The van der Waals surface area contributed by atoms with Crippen LogP contribution in [0.2, 0.25) is 5.15 Å². The number of hydrogen-bond acceptors (Lipinski definition) is 4. The molecule has 0 aliphatic rings. The molecular formula is C11H12ClN5O. The monoisotopic (exact) mass is 265 g/mol. The Morgan fingerprint density at radius 1 is 1.44 bits per heavy atom. The van der Waals surface area contributed by atoms with Gasteiger partial charge in [0, 0.05) is 26.2 Å². The molecule has 18 heavy (non-hydrogen) atoms. The zero-order chi connectivity index (χ0) is 13.0. The van der Waals surface area contributed by atoms with Gasteiger partial charge in [-0.05, 0) is 12.1 Å². The lowest BCUT2D eigenvalue weighted by Gasteiger charge is -2.03. The summed E-state index contributed by atoms with van der Waals surface area (Å²) in [5, 5.41) is 7.25. The van der Waals surface area contributed by atoms with Gasteiger partial charge in [0.25, 0.3) is 5.91 Å². The fourth-order valence-electron chi connectivity index (χ4n) is 1.40. The molecule has 0 aliphatic carbocycles. The Bertz CT molecular complexity index is 537. The summed E-state index contributed by atoms with van der Waals surface area (Å²) in [7, 11) is 1.80. The quantitative estimate of drug-likeness (QED) is 0.832. The highest BCUT2D eigenvalue weighted by Gasteiger charge is 2.06. The van der Waals surface area contributed by atoms with E-state index in [1.165, 1.54) is 6.20 Å². The van der Waals surface area contributed by atoms with E-state index >= 15 is 0 Å². The fraction of sp³-hybridized carbons (Fsp3) is 0.273. The standard InChI is InChI=1S/C11H12ClN5O/c1-17-7-15-10(16-17)4-5-13-11(18)8-2-3-9(12)14-6-8/h2-3,6-7H,4-5H2,1H3,(H,13,18). The Morgan fingerprint density at radius 2 is 2.28 bits per heavy atom. The van der Waals surface area contributed by atoms with Gasteiger partial charge in [0.15, 0.2) is 5.82 Å². The molecule has 0 radical (unpaired) electrons. The Balaban J connectivity index is 1.83. The third-order valence-electron chi connectivity index (χ3n) is 2.27. The number of pyridine rings is 1. The van der Waals surface area contributed by atoms with Gasteiger partial charge in [-0.15, -0.1) is 0 Å². The van der Waals surface area contributed by atoms with Crippen molar-refractivity contribution in [2.24, 2.45) is 7.05 Å². The molecule has 0 spiro atoms. The Labute approximate surface area is 109 Å². The number of aromatic nitrogens is 4. The summed E-state index contributed by atoms with van der Waals surface area (Å²) in [6, 6.07) is 3.21. The predicted molar refractivity (Wildman–Crippen MR) is 66.3 cm³/mol. The van der Waals surface area contributed by atoms with Crippen LogP contribution in [0.25, 0.3) is 0 Å².